The zero-order valence-corrected chi connectivity index (χ0v) is 16.7. The van der Waals surface area contributed by atoms with E-state index in [1.807, 2.05) is 25.2 Å². The number of nitrogens with zero attached hydrogens (tertiary/aromatic N) is 2. The molecule has 0 aromatic heterocycles. The van der Waals surface area contributed by atoms with Gasteiger partial charge in [-0.2, -0.15) is 0 Å². The Morgan fingerprint density at radius 1 is 1.43 bits per heavy atom. The summed E-state index contributed by atoms with van der Waals surface area (Å²) >= 11 is 0. The van der Waals surface area contributed by atoms with Crippen molar-refractivity contribution in [3.8, 4) is 5.75 Å². The molecule has 1 N–H and O–H groups in total. The first kappa shape index (κ1) is 19.8. The van der Waals surface area contributed by atoms with E-state index in [9.17, 15) is 0 Å². The second-order valence-corrected chi connectivity index (χ2v) is 6.44. The van der Waals surface area contributed by atoms with Crippen molar-refractivity contribution in [3.63, 3.8) is 0 Å². The van der Waals surface area contributed by atoms with E-state index in [-0.39, 0.29) is 24.0 Å². The summed E-state index contributed by atoms with van der Waals surface area (Å²) in [4.78, 5) is 6.74. The molecule has 4 nitrogen and oxygen atoms in total. The molecule has 1 saturated heterocycles. The molecule has 1 aliphatic rings. The number of nitrogens with one attached hydrogen (secondary N) is 1. The summed E-state index contributed by atoms with van der Waals surface area (Å²) in [6.45, 7) is 11.6. The first-order valence-electron chi connectivity index (χ1n) is 7.83. The van der Waals surface area contributed by atoms with Crippen molar-refractivity contribution in [3.05, 3.63) is 42.5 Å². The molecule has 1 aliphatic heterocycles. The van der Waals surface area contributed by atoms with Crippen LogP contribution >= 0.6 is 24.0 Å². The predicted molar refractivity (Wildman–Crippen MR) is 108 cm³/mol. The van der Waals surface area contributed by atoms with E-state index in [0.717, 1.165) is 30.4 Å². The van der Waals surface area contributed by atoms with Crippen LogP contribution in [0.5, 0.6) is 5.75 Å². The van der Waals surface area contributed by atoms with Gasteiger partial charge in [-0.15, -0.1) is 24.0 Å². The van der Waals surface area contributed by atoms with Crippen LogP contribution in [0.25, 0.3) is 0 Å². The number of benzene rings is 1. The minimum Gasteiger partial charge on any atom is -0.489 e. The van der Waals surface area contributed by atoms with Crippen LogP contribution in [0, 0.1) is 5.41 Å². The van der Waals surface area contributed by atoms with Gasteiger partial charge in [0.1, 0.15) is 12.4 Å². The van der Waals surface area contributed by atoms with Gasteiger partial charge in [-0.25, -0.2) is 0 Å². The standard InChI is InChI=1S/C18H27N3O.HI/c1-5-12-22-16-9-7-6-8-15(16)13-20-17(19-4)21-11-10-18(2,3)14-21;/h5-9H,1,10-14H2,2-4H3,(H,19,20);1H. The summed E-state index contributed by atoms with van der Waals surface area (Å²) in [7, 11) is 1.84. The Balaban J connectivity index is 0.00000264. The van der Waals surface area contributed by atoms with Gasteiger partial charge in [0.05, 0.1) is 0 Å². The van der Waals surface area contributed by atoms with E-state index < -0.39 is 0 Å². The average molecular weight is 429 g/mol. The van der Waals surface area contributed by atoms with Crippen LogP contribution < -0.4 is 10.1 Å². The van der Waals surface area contributed by atoms with E-state index in [1.165, 1.54) is 6.42 Å². The Morgan fingerprint density at radius 3 is 2.78 bits per heavy atom. The highest BCUT2D eigenvalue weighted by Crippen LogP contribution is 2.28. The monoisotopic (exact) mass is 429 g/mol. The highest BCUT2D eigenvalue weighted by molar-refractivity contribution is 14.0. The van der Waals surface area contributed by atoms with Crippen molar-refractivity contribution in [2.45, 2.75) is 26.8 Å². The van der Waals surface area contributed by atoms with Gasteiger partial charge < -0.3 is 15.0 Å². The molecule has 0 aliphatic carbocycles. The molecule has 128 valence electrons. The van der Waals surface area contributed by atoms with Gasteiger partial charge >= 0.3 is 0 Å². The summed E-state index contributed by atoms with van der Waals surface area (Å²) in [6, 6.07) is 8.08. The normalized spacial score (nSPS) is 16.7. The smallest absolute Gasteiger partial charge is 0.193 e. The Kier molecular flexibility index (Phi) is 7.88. The van der Waals surface area contributed by atoms with Crippen LogP contribution in [0.1, 0.15) is 25.8 Å². The molecule has 1 heterocycles. The van der Waals surface area contributed by atoms with Gasteiger partial charge in [0.25, 0.3) is 0 Å². The van der Waals surface area contributed by atoms with Crippen molar-refractivity contribution in [2.75, 3.05) is 26.7 Å². The minimum atomic E-state index is 0. The van der Waals surface area contributed by atoms with Gasteiger partial charge in [-0.05, 0) is 17.9 Å². The molecule has 23 heavy (non-hydrogen) atoms. The number of ether oxygens (including phenoxy) is 1. The molecular weight excluding hydrogens is 401 g/mol. The fraction of sp³-hybridized carbons (Fsp3) is 0.500. The van der Waals surface area contributed by atoms with Crippen molar-refractivity contribution in [1.29, 1.82) is 0 Å². The molecule has 5 heteroatoms. The Labute approximate surface area is 157 Å². The summed E-state index contributed by atoms with van der Waals surface area (Å²) in [6.07, 6.45) is 2.96. The third-order valence-corrected chi connectivity index (χ3v) is 3.95. The van der Waals surface area contributed by atoms with E-state index in [0.29, 0.717) is 18.6 Å². The number of hydrogen-bond donors (Lipinski definition) is 1. The number of aliphatic imine (C=N–C) groups is 1. The van der Waals surface area contributed by atoms with Crippen LogP contribution in [0.3, 0.4) is 0 Å². The zero-order valence-electron chi connectivity index (χ0n) is 14.3. The van der Waals surface area contributed by atoms with Crippen LogP contribution in [-0.2, 0) is 6.54 Å². The second kappa shape index (κ2) is 9.15. The lowest BCUT2D eigenvalue weighted by Gasteiger charge is -2.24. The maximum atomic E-state index is 5.70. The lowest BCUT2D eigenvalue weighted by Crippen LogP contribution is -2.40. The summed E-state index contributed by atoms with van der Waals surface area (Å²) in [5.41, 5.74) is 1.49. The van der Waals surface area contributed by atoms with Crippen LogP contribution in [0.4, 0.5) is 0 Å². The molecule has 0 unspecified atom stereocenters. The second-order valence-electron chi connectivity index (χ2n) is 6.44. The maximum absolute atomic E-state index is 5.70. The maximum Gasteiger partial charge on any atom is 0.193 e. The Bertz CT molecular complexity index is 543. The third kappa shape index (κ3) is 5.71. The van der Waals surface area contributed by atoms with Crippen LogP contribution in [0.15, 0.2) is 41.9 Å². The van der Waals surface area contributed by atoms with E-state index in [4.69, 9.17) is 4.74 Å². The van der Waals surface area contributed by atoms with Gasteiger partial charge in [0.2, 0.25) is 0 Å². The molecule has 0 radical (unpaired) electrons. The lowest BCUT2D eigenvalue weighted by atomic mass is 9.93. The highest BCUT2D eigenvalue weighted by atomic mass is 127. The first-order chi connectivity index (χ1) is 10.6. The molecule has 2 rings (SSSR count). The number of para-hydroxylation sites is 1. The SMILES string of the molecule is C=CCOc1ccccc1CNC(=NC)N1CCC(C)(C)C1.I. The number of guanidine groups is 1. The molecule has 0 bridgehead atoms. The average Bonchev–Trinajstić information content (AvgIpc) is 2.87. The first-order valence-corrected chi connectivity index (χ1v) is 7.83. The molecule has 0 spiro atoms. The van der Waals surface area contributed by atoms with Crippen LogP contribution in [0.2, 0.25) is 0 Å². The minimum absolute atomic E-state index is 0. The fourth-order valence-electron chi connectivity index (χ4n) is 2.74. The molecule has 0 amide bonds. The summed E-state index contributed by atoms with van der Waals surface area (Å²) in [5, 5.41) is 3.45. The predicted octanol–water partition coefficient (Wildman–Crippen LogP) is 3.68. The van der Waals surface area contributed by atoms with E-state index >= 15 is 0 Å². The van der Waals surface area contributed by atoms with Crippen molar-refractivity contribution < 1.29 is 4.74 Å². The van der Waals surface area contributed by atoms with Crippen molar-refractivity contribution in [2.24, 2.45) is 10.4 Å². The van der Waals surface area contributed by atoms with Gasteiger partial charge in [-0.1, -0.05) is 44.7 Å². The topological polar surface area (TPSA) is 36.9 Å². The fourth-order valence-corrected chi connectivity index (χ4v) is 2.74. The summed E-state index contributed by atoms with van der Waals surface area (Å²) in [5.74, 6) is 1.86. The number of hydrogen-bond acceptors (Lipinski definition) is 2. The van der Waals surface area contributed by atoms with Crippen molar-refractivity contribution in [1.82, 2.24) is 10.2 Å². The van der Waals surface area contributed by atoms with Gasteiger partial charge in [0, 0.05) is 32.2 Å². The lowest BCUT2D eigenvalue weighted by molar-refractivity contribution is 0.357. The molecule has 0 saturated carbocycles. The molecular formula is C18H28IN3O. The molecule has 0 atom stereocenters. The Hall–Kier alpha value is -1.24. The summed E-state index contributed by atoms with van der Waals surface area (Å²) < 4.78 is 5.70. The van der Waals surface area contributed by atoms with Crippen LogP contribution in [-0.4, -0.2) is 37.6 Å². The largest absolute Gasteiger partial charge is 0.489 e. The van der Waals surface area contributed by atoms with E-state index in [2.05, 4.69) is 41.7 Å². The molecule has 1 aromatic carbocycles. The Morgan fingerprint density at radius 2 is 2.17 bits per heavy atom. The number of rotatable bonds is 5. The third-order valence-electron chi connectivity index (χ3n) is 3.95. The molecule has 1 fully saturated rings. The number of halogens is 1. The van der Waals surface area contributed by atoms with Crippen molar-refractivity contribution >= 4 is 29.9 Å². The number of likely N-dealkylation sites (tertiary alicyclic amines) is 1. The zero-order chi connectivity index (χ0) is 16.0. The van der Waals surface area contributed by atoms with Gasteiger partial charge in [0.15, 0.2) is 5.96 Å². The van der Waals surface area contributed by atoms with E-state index in [1.54, 1.807) is 6.08 Å². The highest BCUT2D eigenvalue weighted by Gasteiger charge is 2.30. The quantitative estimate of drug-likeness (QED) is 0.336. The van der Waals surface area contributed by atoms with Gasteiger partial charge in [-0.3, -0.25) is 4.99 Å². The molecule has 1 aromatic rings.